The fraction of sp³-hybridized carbons (Fsp3) is 0.129. The summed E-state index contributed by atoms with van der Waals surface area (Å²) in [6.07, 6.45) is 2.30. The van der Waals surface area contributed by atoms with E-state index in [-0.39, 0.29) is 5.41 Å². The molecule has 6 aromatic rings. The molecule has 8 rings (SSSR count). The van der Waals surface area contributed by atoms with Crippen LogP contribution < -0.4 is 9.30 Å². The van der Waals surface area contributed by atoms with Crippen molar-refractivity contribution in [1.82, 2.24) is 0 Å². The van der Waals surface area contributed by atoms with Crippen molar-refractivity contribution in [3.63, 3.8) is 0 Å². The van der Waals surface area contributed by atoms with Gasteiger partial charge in [-0.1, -0.05) is 80.6 Å². The molecule has 0 saturated carbocycles. The largest absolute Gasteiger partial charge is 0.434 e. The second-order valence-corrected chi connectivity index (χ2v) is 9.98. The maximum absolute atomic E-state index is 6.54. The summed E-state index contributed by atoms with van der Waals surface area (Å²) in [5.41, 5.74) is 5.27. The van der Waals surface area contributed by atoms with Gasteiger partial charge in [-0.2, -0.15) is 4.57 Å². The lowest BCUT2D eigenvalue weighted by molar-refractivity contribution is -0.716. The zero-order valence-corrected chi connectivity index (χ0v) is 18.6. The van der Waals surface area contributed by atoms with E-state index in [1.807, 2.05) is 0 Å². The minimum absolute atomic E-state index is 0.123. The predicted octanol–water partition coefficient (Wildman–Crippen LogP) is 7.24. The number of hydrogen-bond acceptors (Lipinski definition) is 1. The number of fused-ring (bicyclic) bond motifs is 8. The number of nitrogens with zero attached hydrogens (tertiary/aromatic N) is 1. The van der Waals surface area contributed by atoms with Crippen LogP contribution in [0.15, 0.2) is 85.1 Å². The maximum atomic E-state index is 6.54. The third-order valence-corrected chi connectivity index (χ3v) is 7.93. The standard InChI is InChI=1S/C31H22NO/c1-31(2)26-15-24-20-9-5-3-7-18(20)12-14-23(24)30-27(26)29-28(31)22-13-11-19-8-4-6-10-21(19)25(22)16-32(29)17-33-30/h3-16H,17H2,1-2H3/q+1. The first-order valence-corrected chi connectivity index (χ1v) is 11.6. The van der Waals surface area contributed by atoms with Crippen LogP contribution in [0.3, 0.4) is 0 Å². The zero-order chi connectivity index (χ0) is 21.9. The fourth-order valence-electron chi connectivity index (χ4n) is 6.42. The average Bonchev–Trinajstić information content (AvgIpc) is 3.09. The third kappa shape index (κ3) is 2.03. The first-order chi connectivity index (χ1) is 16.1. The van der Waals surface area contributed by atoms with Gasteiger partial charge in [0.2, 0.25) is 5.69 Å². The van der Waals surface area contributed by atoms with Gasteiger partial charge in [0.05, 0.1) is 10.9 Å². The highest BCUT2D eigenvalue weighted by molar-refractivity contribution is 6.14. The maximum Gasteiger partial charge on any atom is 0.292 e. The highest BCUT2D eigenvalue weighted by Crippen LogP contribution is 2.56. The minimum atomic E-state index is -0.123. The number of aromatic nitrogens is 1. The Labute approximate surface area is 191 Å². The highest BCUT2D eigenvalue weighted by atomic mass is 16.5. The number of benzene rings is 5. The highest BCUT2D eigenvalue weighted by Gasteiger charge is 2.47. The summed E-state index contributed by atoms with van der Waals surface area (Å²) in [4.78, 5) is 0. The van der Waals surface area contributed by atoms with Crippen LogP contribution >= 0.6 is 0 Å². The van der Waals surface area contributed by atoms with Gasteiger partial charge >= 0.3 is 0 Å². The van der Waals surface area contributed by atoms with Gasteiger partial charge in [0.1, 0.15) is 5.75 Å². The minimum Gasteiger partial charge on any atom is -0.434 e. The quantitative estimate of drug-likeness (QED) is 0.185. The lowest BCUT2D eigenvalue weighted by Gasteiger charge is -2.22. The smallest absolute Gasteiger partial charge is 0.292 e. The average molecular weight is 425 g/mol. The van der Waals surface area contributed by atoms with Crippen molar-refractivity contribution in [3.05, 3.63) is 96.2 Å². The number of ether oxygens (including phenoxy) is 1. The van der Waals surface area contributed by atoms with Gasteiger partial charge in [0.25, 0.3) is 6.73 Å². The van der Waals surface area contributed by atoms with Crippen LogP contribution in [-0.4, -0.2) is 0 Å². The van der Waals surface area contributed by atoms with Gasteiger partial charge in [0, 0.05) is 16.4 Å². The Balaban J connectivity index is 1.58. The Morgan fingerprint density at radius 2 is 1.36 bits per heavy atom. The Morgan fingerprint density at radius 3 is 2.12 bits per heavy atom. The Bertz CT molecular complexity index is 1840. The molecular formula is C31H22NO+. The Morgan fingerprint density at radius 1 is 0.697 bits per heavy atom. The van der Waals surface area contributed by atoms with Gasteiger partial charge in [-0.05, 0) is 50.0 Å². The summed E-state index contributed by atoms with van der Waals surface area (Å²) in [6, 6.07) is 28.9. The molecule has 0 N–H and O–H groups in total. The molecule has 0 saturated heterocycles. The van der Waals surface area contributed by atoms with E-state index in [2.05, 4.69) is 103 Å². The van der Waals surface area contributed by atoms with Gasteiger partial charge in [0.15, 0.2) is 6.20 Å². The molecule has 2 heteroatoms. The van der Waals surface area contributed by atoms with Crippen LogP contribution in [0.25, 0.3) is 54.3 Å². The van der Waals surface area contributed by atoms with E-state index < -0.39 is 0 Å². The van der Waals surface area contributed by atoms with Crippen LogP contribution in [-0.2, 0) is 12.1 Å². The van der Waals surface area contributed by atoms with Crippen molar-refractivity contribution in [2.45, 2.75) is 26.0 Å². The zero-order valence-electron chi connectivity index (χ0n) is 18.6. The monoisotopic (exact) mass is 424 g/mol. The molecule has 1 aliphatic heterocycles. The van der Waals surface area contributed by atoms with Crippen molar-refractivity contribution in [3.8, 4) is 17.0 Å². The molecule has 0 radical (unpaired) electrons. The van der Waals surface area contributed by atoms with E-state index in [9.17, 15) is 0 Å². The van der Waals surface area contributed by atoms with E-state index in [0.717, 1.165) is 5.75 Å². The number of pyridine rings is 1. The molecule has 0 unspecified atom stereocenters. The number of hydrogen-bond donors (Lipinski definition) is 0. The van der Waals surface area contributed by atoms with Crippen LogP contribution in [0.2, 0.25) is 0 Å². The van der Waals surface area contributed by atoms with Crippen molar-refractivity contribution in [2.24, 2.45) is 0 Å². The van der Waals surface area contributed by atoms with Crippen molar-refractivity contribution < 1.29 is 9.30 Å². The van der Waals surface area contributed by atoms with Gasteiger partial charge < -0.3 is 4.74 Å². The summed E-state index contributed by atoms with van der Waals surface area (Å²) < 4.78 is 8.87. The summed E-state index contributed by atoms with van der Waals surface area (Å²) >= 11 is 0. The van der Waals surface area contributed by atoms with Crippen LogP contribution in [0.4, 0.5) is 0 Å². The Kier molecular flexibility index (Phi) is 3.05. The van der Waals surface area contributed by atoms with E-state index >= 15 is 0 Å². The lowest BCUT2D eigenvalue weighted by Crippen LogP contribution is -2.42. The summed E-state index contributed by atoms with van der Waals surface area (Å²) in [5.74, 6) is 1.04. The molecule has 2 heterocycles. The lowest BCUT2D eigenvalue weighted by atomic mass is 9.79. The Hall–Kier alpha value is -3.91. The van der Waals surface area contributed by atoms with Crippen LogP contribution in [0, 0.1) is 0 Å². The molecule has 156 valence electrons. The van der Waals surface area contributed by atoms with Gasteiger partial charge in [-0.15, -0.1) is 0 Å². The van der Waals surface area contributed by atoms with Crippen molar-refractivity contribution in [1.29, 1.82) is 0 Å². The molecule has 0 spiro atoms. The molecule has 0 fully saturated rings. The van der Waals surface area contributed by atoms with Gasteiger partial charge in [-0.3, -0.25) is 0 Å². The first kappa shape index (κ1) is 17.6. The van der Waals surface area contributed by atoms with Gasteiger partial charge in [-0.25, -0.2) is 0 Å². The van der Waals surface area contributed by atoms with E-state index in [1.165, 1.54) is 65.5 Å². The van der Waals surface area contributed by atoms with Crippen molar-refractivity contribution >= 4 is 43.1 Å². The molecular weight excluding hydrogens is 402 g/mol. The summed E-state index contributed by atoms with van der Waals surface area (Å²) in [7, 11) is 0. The molecule has 2 nitrogen and oxygen atoms in total. The van der Waals surface area contributed by atoms with Crippen molar-refractivity contribution in [2.75, 3.05) is 0 Å². The summed E-state index contributed by atoms with van der Waals surface area (Å²) in [5, 5.41) is 10.3. The second kappa shape index (κ2) is 5.71. The van der Waals surface area contributed by atoms with E-state index in [1.54, 1.807) is 0 Å². The summed E-state index contributed by atoms with van der Waals surface area (Å²) in [6.45, 7) is 5.29. The molecule has 5 aromatic carbocycles. The molecule has 33 heavy (non-hydrogen) atoms. The fourth-order valence-corrected chi connectivity index (χ4v) is 6.42. The van der Waals surface area contributed by atoms with Crippen LogP contribution in [0.1, 0.15) is 25.0 Å². The second-order valence-electron chi connectivity index (χ2n) is 9.98. The molecule has 0 atom stereocenters. The van der Waals surface area contributed by atoms with Crippen LogP contribution in [0.5, 0.6) is 5.75 Å². The SMILES string of the molecule is CC1(C)c2cc3c(ccc4ccccc43)c3c2-c2c1c1ccc4ccccc4c1c[n+]2CO3. The molecule has 1 aliphatic carbocycles. The topological polar surface area (TPSA) is 13.1 Å². The molecule has 0 bridgehead atoms. The van der Waals surface area contributed by atoms with E-state index in [4.69, 9.17) is 4.74 Å². The molecule has 2 aliphatic rings. The number of rotatable bonds is 0. The predicted molar refractivity (Wildman–Crippen MR) is 135 cm³/mol. The molecule has 0 amide bonds. The molecule has 1 aromatic heterocycles. The van der Waals surface area contributed by atoms with E-state index in [0.29, 0.717) is 6.73 Å². The normalized spacial score (nSPS) is 15.3. The third-order valence-electron chi connectivity index (χ3n) is 7.93. The first-order valence-electron chi connectivity index (χ1n) is 11.6.